The van der Waals surface area contributed by atoms with Gasteiger partial charge in [0.25, 0.3) is 0 Å². The molecule has 11 nitrogen and oxygen atoms in total. The van der Waals surface area contributed by atoms with Crippen LogP contribution in [0, 0.1) is 17.3 Å². The Hall–Kier alpha value is -1.99. The van der Waals surface area contributed by atoms with Gasteiger partial charge >= 0.3 is 5.97 Å². The number of aromatic nitrogens is 1. The van der Waals surface area contributed by atoms with Gasteiger partial charge in [-0.1, -0.05) is 13.8 Å². The van der Waals surface area contributed by atoms with Gasteiger partial charge in [0, 0.05) is 64.2 Å². The summed E-state index contributed by atoms with van der Waals surface area (Å²) in [5, 5.41) is 11.3. The molecule has 8 atom stereocenters. The summed E-state index contributed by atoms with van der Waals surface area (Å²) in [6.07, 6.45) is 2.60. The van der Waals surface area contributed by atoms with Crippen molar-refractivity contribution in [3.8, 4) is 0 Å². The molecule has 0 aromatic carbocycles. The van der Waals surface area contributed by atoms with Gasteiger partial charge < -0.3 is 33.9 Å². The molecule has 0 bridgehead atoms. The molecule has 0 radical (unpaired) electrons. The maximum Gasteiger partial charge on any atom is 0.319 e. The van der Waals surface area contributed by atoms with Gasteiger partial charge in [-0.2, -0.15) is 0 Å². The zero-order valence-electron chi connectivity index (χ0n) is 29.9. The number of pyridine rings is 1. The first-order valence-electron chi connectivity index (χ1n) is 16.8. The number of aliphatic hydroxyl groups excluding tert-OH is 1. The highest BCUT2D eigenvalue weighted by molar-refractivity contribution is 6.04. The second-order valence-corrected chi connectivity index (χ2v) is 14.6. The number of carbonyl (C=O) groups excluding carboxylic acids is 2. The molecule has 1 aromatic rings. The number of hydrogen-bond acceptors (Lipinski definition) is 11. The van der Waals surface area contributed by atoms with Crippen molar-refractivity contribution in [2.75, 3.05) is 61.0 Å². The van der Waals surface area contributed by atoms with Crippen molar-refractivity contribution in [2.45, 2.75) is 104 Å². The first-order valence-corrected chi connectivity index (χ1v) is 16.8. The van der Waals surface area contributed by atoms with Crippen molar-refractivity contribution in [2.24, 2.45) is 17.3 Å². The van der Waals surface area contributed by atoms with E-state index in [1.54, 1.807) is 40.3 Å². The highest BCUT2D eigenvalue weighted by Crippen LogP contribution is 2.38. The lowest BCUT2D eigenvalue weighted by Gasteiger charge is -2.47. The molecule has 3 heterocycles. The first kappa shape index (κ1) is 38.5. The largest absolute Gasteiger partial charge is 0.465 e. The van der Waals surface area contributed by atoms with Crippen LogP contribution in [0.15, 0.2) is 24.5 Å². The molecule has 2 aliphatic heterocycles. The lowest BCUT2D eigenvalue weighted by Crippen LogP contribution is -2.59. The number of rotatable bonds is 6. The summed E-state index contributed by atoms with van der Waals surface area (Å²) in [4.78, 5) is 38.5. The van der Waals surface area contributed by atoms with Gasteiger partial charge in [0.1, 0.15) is 11.5 Å². The highest BCUT2D eigenvalue weighted by atomic mass is 16.7. The molecular formula is C35H60N4O7. The Morgan fingerprint density at radius 3 is 2.39 bits per heavy atom. The maximum absolute atomic E-state index is 14.2. The van der Waals surface area contributed by atoms with Crippen molar-refractivity contribution < 1.29 is 33.6 Å². The summed E-state index contributed by atoms with van der Waals surface area (Å²) in [5.41, 5.74) is -1.18. The number of ketones is 1. The van der Waals surface area contributed by atoms with Crippen LogP contribution in [0.4, 0.5) is 0 Å². The molecule has 262 valence electrons. The van der Waals surface area contributed by atoms with Crippen molar-refractivity contribution in [3.63, 3.8) is 0 Å². The summed E-state index contributed by atoms with van der Waals surface area (Å²) in [5.74, 6) is -1.46. The molecule has 2 aliphatic rings. The second kappa shape index (κ2) is 16.9. The second-order valence-electron chi connectivity index (χ2n) is 14.6. The standard InChI is InChI=1S/C35H60N4O7/c1-24-21-35(6,43-10)31(46-32-29(40)28(37(7)8)20-25(2)45-32)26(3)30(41)34(4,5)33(42)44-19-11-16-39(18-17-38(9)22-24)23-27-12-14-36-15-13-27/h12-15,24-26,28-29,31-32,40H,11,16-23H2,1-10H3/t24-,25-,26+,28+,29-,31-,32+,35-/m1/s1. The molecule has 0 unspecified atom stereocenters. The number of cyclic esters (lactones) is 1. The molecule has 1 N–H and O–H groups in total. The third kappa shape index (κ3) is 10.0. The number of Topliss-reactive ketones (excluding diaryl/α,β-unsaturated/α-hetero) is 1. The summed E-state index contributed by atoms with van der Waals surface area (Å²) in [6.45, 7) is 15.3. The number of methoxy groups -OCH3 is 1. The van der Waals surface area contributed by atoms with Gasteiger partial charge in [-0.15, -0.1) is 0 Å². The molecule has 11 heteroatoms. The van der Waals surface area contributed by atoms with Gasteiger partial charge in [-0.05, 0) is 91.7 Å². The fourth-order valence-corrected chi connectivity index (χ4v) is 7.05. The number of carbonyl (C=O) groups is 2. The summed E-state index contributed by atoms with van der Waals surface area (Å²) < 4.78 is 24.8. The van der Waals surface area contributed by atoms with Gasteiger partial charge in [0.2, 0.25) is 0 Å². The van der Waals surface area contributed by atoms with Crippen LogP contribution in [-0.4, -0.2) is 134 Å². The van der Waals surface area contributed by atoms with Crippen molar-refractivity contribution >= 4 is 11.8 Å². The van der Waals surface area contributed by atoms with Crippen LogP contribution in [0.3, 0.4) is 0 Å². The average molecular weight is 649 g/mol. The summed E-state index contributed by atoms with van der Waals surface area (Å²) >= 11 is 0. The molecule has 0 saturated carbocycles. The van der Waals surface area contributed by atoms with Crippen LogP contribution in [0.1, 0.15) is 66.4 Å². The van der Waals surface area contributed by atoms with E-state index in [0.29, 0.717) is 19.3 Å². The quantitative estimate of drug-likeness (QED) is 0.362. The number of hydrogen-bond donors (Lipinski definition) is 1. The zero-order valence-corrected chi connectivity index (χ0v) is 29.9. The SMILES string of the molecule is CO[C@]1(C)C[C@@H](C)CN(C)CCN(Cc2ccncc2)CCCOC(=O)C(C)(C)C(=O)[C@H](C)[C@H]1O[C@@H]1O[C@H](C)C[C@H](N(C)C)[C@H]1O. The Morgan fingerprint density at radius 1 is 1.09 bits per heavy atom. The predicted molar refractivity (Wildman–Crippen MR) is 177 cm³/mol. The normalized spacial score (nSPS) is 35.1. The molecule has 0 spiro atoms. The van der Waals surface area contributed by atoms with E-state index in [2.05, 4.69) is 28.8 Å². The number of ether oxygens (including phenoxy) is 4. The van der Waals surface area contributed by atoms with Crippen molar-refractivity contribution in [1.82, 2.24) is 19.7 Å². The van der Waals surface area contributed by atoms with Gasteiger partial charge in [-0.25, -0.2) is 0 Å². The Morgan fingerprint density at radius 2 is 1.76 bits per heavy atom. The van der Waals surface area contributed by atoms with E-state index >= 15 is 0 Å². The highest BCUT2D eigenvalue weighted by Gasteiger charge is 2.51. The van der Waals surface area contributed by atoms with E-state index in [0.717, 1.165) is 32.7 Å². The lowest BCUT2D eigenvalue weighted by atomic mass is 9.74. The Balaban J connectivity index is 1.92. The lowest BCUT2D eigenvalue weighted by molar-refractivity contribution is -0.295. The summed E-state index contributed by atoms with van der Waals surface area (Å²) in [6, 6.07) is 3.86. The van der Waals surface area contributed by atoms with Crippen LogP contribution in [0.2, 0.25) is 0 Å². The Labute approximate surface area is 276 Å². The fourth-order valence-electron chi connectivity index (χ4n) is 7.05. The minimum absolute atomic E-state index is 0.159. The molecule has 2 saturated heterocycles. The summed E-state index contributed by atoms with van der Waals surface area (Å²) in [7, 11) is 7.60. The molecule has 0 aliphatic carbocycles. The Bertz CT molecular complexity index is 1110. The van der Waals surface area contributed by atoms with Gasteiger partial charge in [-0.3, -0.25) is 19.5 Å². The Kier molecular flexibility index (Phi) is 14.1. The van der Waals surface area contributed by atoms with Crippen LogP contribution in [0.25, 0.3) is 0 Å². The van der Waals surface area contributed by atoms with E-state index in [1.165, 1.54) is 5.56 Å². The molecule has 2 fully saturated rings. The molecule has 0 amide bonds. The topological polar surface area (TPSA) is 114 Å². The number of esters is 1. The average Bonchev–Trinajstić information content (AvgIpc) is 3.00. The molecule has 46 heavy (non-hydrogen) atoms. The molecule has 1 aromatic heterocycles. The van der Waals surface area contributed by atoms with E-state index in [9.17, 15) is 14.7 Å². The van der Waals surface area contributed by atoms with E-state index in [1.807, 2.05) is 45.0 Å². The third-order valence-electron chi connectivity index (χ3n) is 9.80. The third-order valence-corrected chi connectivity index (χ3v) is 9.80. The van der Waals surface area contributed by atoms with Crippen LogP contribution in [0.5, 0.6) is 0 Å². The van der Waals surface area contributed by atoms with E-state index < -0.39 is 41.4 Å². The zero-order chi connectivity index (χ0) is 34.2. The van der Waals surface area contributed by atoms with Crippen LogP contribution in [-0.2, 0) is 35.1 Å². The van der Waals surface area contributed by atoms with Crippen molar-refractivity contribution in [1.29, 1.82) is 0 Å². The first-order chi connectivity index (χ1) is 21.6. The number of likely N-dealkylation sites (N-methyl/N-ethyl adjacent to an activating group) is 2. The molecular weight excluding hydrogens is 588 g/mol. The van der Waals surface area contributed by atoms with Crippen molar-refractivity contribution in [3.05, 3.63) is 30.1 Å². The number of nitrogens with zero attached hydrogens (tertiary/aromatic N) is 4. The monoisotopic (exact) mass is 648 g/mol. The smallest absolute Gasteiger partial charge is 0.319 e. The minimum Gasteiger partial charge on any atom is -0.465 e. The van der Waals surface area contributed by atoms with Crippen LogP contribution < -0.4 is 0 Å². The maximum atomic E-state index is 14.2. The van der Waals surface area contributed by atoms with Gasteiger partial charge in [0.05, 0.1) is 24.4 Å². The van der Waals surface area contributed by atoms with Gasteiger partial charge in [0.15, 0.2) is 12.1 Å². The van der Waals surface area contributed by atoms with E-state index in [4.69, 9.17) is 18.9 Å². The number of aliphatic hydroxyl groups is 1. The minimum atomic E-state index is -1.42. The van der Waals surface area contributed by atoms with E-state index in [-0.39, 0.29) is 30.5 Å². The molecule has 3 rings (SSSR count). The predicted octanol–water partition coefficient (Wildman–Crippen LogP) is 3.24. The fraction of sp³-hybridized carbons (Fsp3) is 0.800. The van der Waals surface area contributed by atoms with Crippen LogP contribution >= 0.6 is 0 Å².